The van der Waals surface area contributed by atoms with Gasteiger partial charge in [-0.25, -0.2) is 0 Å². The van der Waals surface area contributed by atoms with Crippen molar-refractivity contribution in [2.24, 2.45) is 5.92 Å². The summed E-state index contributed by atoms with van der Waals surface area (Å²) in [6.45, 7) is 17.9. The van der Waals surface area contributed by atoms with Gasteiger partial charge < -0.3 is 0 Å². The molecule has 25 heavy (non-hydrogen) atoms. The Balaban J connectivity index is 0.00000288. The van der Waals surface area contributed by atoms with Gasteiger partial charge in [0.15, 0.2) is 0 Å². The van der Waals surface area contributed by atoms with Gasteiger partial charge >= 0.3 is 148 Å². The molecular weight excluding hydrogens is 387 g/mol. The van der Waals surface area contributed by atoms with Crippen molar-refractivity contribution in [2.45, 2.75) is 60.8 Å². The summed E-state index contributed by atoms with van der Waals surface area (Å²) >= 11 is -1.99. The van der Waals surface area contributed by atoms with Crippen molar-refractivity contribution in [1.82, 2.24) is 0 Å². The predicted molar refractivity (Wildman–Crippen MR) is 112 cm³/mol. The van der Waals surface area contributed by atoms with Crippen LogP contribution in [0.5, 0.6) is 5.75 Å². The first-order chi connectivity index (χ1) is 10.5. The molecule has 0 saturated carbocycles. The number of allylic oxidation sites excluding steroid dienone is 4. The van der Waals surface area contributed by atoms with Crippen LogP contribution in [0.1, 0.15) is 59.6 Å². The van der Waals surface area contributed by atoms with Gasteiger partial charge in [0.2, 0.25) is 0 Å². The van der Waals surface area contributed by atoms with Crippen molar-refractivity contribution >= 4 is 29.6 Å². The molecule has 1 aromatic rings. The van der Waals surface area contributed by atoms with Crippen LogP contribution in [0, 0.1) is 12.8 Å². The maximum absolute atomic E-state index is 6.42. The van der Waals surface area contributed by atoms with Crippen LogP contribution in [0.15, 0.2) is 38.8 Å². The van der Waals surface area contributed by atoms with Gasteiger partial charge in [0.25, 0.3) is 0 Å². The van der Waals surface area contributed by atoms with Crippen LogP contribution >= 0.6 is 24.8 Å². The van der Waals surface area contributed by atoms with E-state index in [0.29, 0.717) is 5.92 Å². The standard InChI is InChI=1S/C11H16O.C9H13.CH2.2ClH.Ti/c1-8-5-9(11(2,3)4)7-10(12)6-8;1-6-5-7(2)9(4)8(6)3;;;;/h5-7,12H,1-4H3;6H,1-4H3;1H2;2*1H;/q;;;;;+1/p-1. The summed E-state index contributed by atoms with van der Waals surface area (Å²) in [6.07, 6.45) is 0. The third-order valence-corrected chi connectivity index (χ3v) is 8.05. The van der Waals surface area contributed by atoms with E-state index >= 15 is 0 Å². The van der Waals surface area contributed by atoms with Gasteiger partial charge in [-0.1, -0.05) is 0 Å². The first-order valence-corrected chi connectivity index (χ1v) is 10.9. The molecule has 0 radical (unpaired) electrons. The number of hydrogen-bond acceptors (Lipinski definition) is 1. The average molecular weight is 419 g/mol. The van der Waals surface area contributed by atoms with E-state index in [0.717, 1.165) is 5.75 Å². The molecule has 0 N–H and O–H groups in total. The van der Waals surface area contributed by atoms with Crippen molar-refractivity contribution in [2.75, 3.05) is 0 Å². The molecule has 0 fully saturated rings. The van der Waals surface area contributed by atoms with E-state index in [4.69, 9.17) is 3.32 Å². The Morgan fingerprint density at radius 1 is 0.960 bits per heavy atom. The minimum atomic E-state index is -1.99. The number of halogens is 2. The normalized spacial score (nSPS) is 17.2. The van der Waals surface area contributed by atoms with E-state index in [9.17, 15) is 0 Å². The Hall–Kier alpha value is -0.336. The van der Waals surface area contributed by atoms with E-state index in [2.05, 4.69) is 78.4 Å². The molecule has 1 aliphatic carbocycles. The van der Waals surface area contributed by atoms with Crippen LogP contribution in [-0.4, -0.2) is 4.82 Å². The number of rotatable bonds is 3. The molecule has 1 aliphatic rings. The summed E-state index contributed by atoms with van der Waals surface area (Å²) in [5.41, 5.74) is 7.06. The van der Waals surface area contributed by atoms with Gasteiger partial charge in [-0.3, -0.25) is 0 Å². The van der Waals surface area contributed by atoms with Gasteiger partial charge in [-0.2, -0.15) is 0 Å². The molecule has 2 rings (SSSR count). The van der Waals surface area contributed by atoms with Crippen molar-refractivity contribution in [1.29, 1.82) is 0 Å². The summed E-state index contributed by atoms with van der Waals surface area (Å²) in [7, 11) is 0. The van der Waals surface area contributed by atoms with Crippen molar-refractivity contribution in [3.05, 3.63) is 49.9 Å². The zero-order valence-corrected chi connectivity index (χ0v) is 19.9. The Labute approximate surface area is 172 Å². The number of hydrogen-bond donors (Lipinski definition) is 0. The second kappa shape index (κ2) is 9.04. The quantitative estimate of drug-likeness (QED) is 0.493. The molecule has 0 aromatic heterocycles. The molecule has 0 saturated heterocycles. The second-order valence-corrected chi connectivity index (χ2v) is 10.4. The molecule has 0 aliphatic heterocycles. The van der Waals surface area contributed by atoms with Crippen LogP contribution in [0.4, 0.5) is 0 Å². The van der Waals surface area contributed by atoms with E-state index < -0.39 is 17.8 Å². The first kappa shape index (κ1) is 24.7. The van der Waals surface area contributed by atoms with E-state index in [-0.39, 0.29) is 30.2 Å². The van der Waals surface area contributed by atoms with Gasteiger partial charge in [0.05, 0.1) is 0 Å². The molecule has 0 spiro atoms. The molecule has 0 heterocycles. The maximum atomic E-state index is 6.42. The fourth-order valence-electron chi connectivity index (χ4n) is 3.25. The van der Waals surface area contributed by atoms with Crippen LogP contribution < -0.4 is 3.32 Å². The third kappa shape index (κ3) is 5.33. The summed E-state index contributed by atoms with van der Waals surface area (Å²) in [5.74, 6) is 1.49. The summed E-state index contributed by atoms with van der Waals surface area (Å²) in [4.78, 5) is 4.47. The predicted octanol–water partition coefficient (Wildman–Crippen LogP) is 6.74. The van der Waals surface area contributed by atoms with Crippen molar-refractivity contribution in [3.63, 3.8) is 0 Å². The fraction of sp³-hybridized carbons (Fsp3) is 0.476. The molecular formula is C21H32Cl2OTi. The van der Waals surface area contributed by atoms with Crippen LogP contribution in [0.2, 0.25) is 0 Å². The molecule has 0 bridgehead atoms. The summed E-state index contributed by atoms with van der Waals surface area (Å²) < 4.78 is 7.91. The van der Waals surface area contributed by atoms with E-state index in [1.165, 1.54) is 31.7 Å². The van der Waals surface area contributed by atoms with E-state index in [1.54, 1.807) is 0 Å². The van der Waals surface area contributed by atoms with Gasteiger partial charge in [0, 0.05) is 0 Å². The Bertz CT molecular complexity index is 724. The molecule has 1 atom stereocenters. The fourth-order valence-corrected chi connectivity index (χ4v) is 6.09. The SMILES string of the molecule is Cl.Cl.[CH2]=[Ti]([O]c1cc(C)cc(C(C)(C)C)c1)[C]1=C(C)C(C)=C(C)C1C. The van der Waals surface area contributed by atoms with Crippen molar-refractivity contribution < 1.29 is 21.1 Å². The Kier molecular flexibility index (Phi) is 8.92. The molecule has 1 aromatic carbocycles. The third-order valence-electron chi connectivity index (χ3n) is 5.10. The zero-order chi connectivity index (χ0) is 17.5. The average Bonchev–Trinajstić information content (AvgIpc) is 2.61. The summed E-state index contributed by atoms with van der Waals surface area (Å²) in [5, 5.41) is 0. The molecule has 1 unspecified atom stereocenters. The second-order valence-electron chi connectivity index (χ2n) is 7.88. The Morgan fingerprint density at radius 3 is 1.96 bits per heavy atom. The number of benzene rings is 1. The van der Waals surface area contributed by atoms with Crippen LogP contribution in [0.25, 0.3) is 0 Å². The van der Waals surface area contributed by atoms with Crippen LogP contribution in [0.3, 0.4) is 0 Å². The Morgan fingerprint density at radius 2 is 1.52 bits per heavy atom. The first-order valence-electron chi connectivity index (χ1n) is 8.40. The molecule has 140 valence electrons. The molecule has 0 amide bonds. The van der Waals surface area contributed by atoms with Gasteiger partial charge in [-0.15, -0.1) is 24.8 Å². The molecule has 4 heteroatoms. The topological polar surface area (TPSA) is 9.23 Å². The monoisotopic (exact) mass is 418 g/mol. The zero-order valence-electron chi connectivity index (χ0n) is 16.7. The van der Waals surface area contributed by atoms with Gasteiger partial charge in [-0.05, 0) is 0 Å². The molecule has 1 nitrogen and oxygen atoms in total. The van der Waals surface area contributed by atoms with Crippen molar-refractivity contribution in [3.8, 4) is 5.75 Å². The van der Waals surface area contributed by atoms with Crippen LogP contribution in [-0.2, 0) is 23.2 Å². The number of aryl methyl sites for hydroxylation is 1. The van der Waals surface area contributed by atoms with Gasteiger partial charge in [0.1, 0.15) is 0 Å². The van der Waals surface area contributed by atoms with E-state index in [1.807, 2.05) is 0 Å². The summed E-state index contributed by atoms with van der Waals surface area (Å²) in [6, 6.07) is 6.61. The minimum absolute atomic E-state index is 0.